The highest BCUT2D eigenvalue weighted by Gasteiger charge is 2.01. The minimum Gasteiger partial charge on any atom is -0.322 e. The van der Waals surface area contributed by atoms with Crippen molar-refractivity contribution in [3.63, 3.8) is 0 Å². The van der Waals surface area contributed by atoms with Crippen LogP contribution in [-0.2, 0) is 0 Å². The van der Waals surface area contributed by atoms with Gasteiger partial charge in [-0.3, -0.25) is 4.79 Å². The molecule has 2 heteroatoms. The molecule has 0 amide bonds. The molecule has 1 heterocycles. The fourth-order valence-electron chi connectivity index (χ4n) is 1.66. The topological polar surface area (TPSA) is 32.9 Å². The Hall–Kier alpha value is -1.83. The van der Waals surface area contributed by atoms with Crippen LogP contribution in [0.5, 0.6) is 0 Å². The van der Waals surface area contributed by atoms with Crippen LogP contribution in [0.15, 0.2) is 47.3 Å². The Labute approximate surface area is 95.0 Å². The summed E-state index contributed by atoms with van der Waals surface area (Å²) in [6, 6.07) is 13.5. The molecule has 1 aromatic heterocycles. The zero-order valence-electron chi connectivity index (χ0n) is 9.53. The first-order chi connectivity index (χ1) is 7.66. The lowest BCUT2D eigenvalue weighted by Crippen LogP contribution is -2.03. The number of aromatic amines is 1. The van der Waals surface area contributed by atoms with Crippen LogP contribution in [0.25, 0.3) is 11.3 Å². The first-order valence-corrected chi connectivity index (χ1v) is 5.46. The number of aromatic nitrogens is 1. The maximum absolute atomic E-state index is 11.2. The number of rotatable bonds is 2. The van der Waals surface area contributed by atoms with Crippen molar-refractivity contribution in [2.24, 2.45) is 0 Å². The molecule has 2 aromatic rings. The lowest BCUT2D eigenvalue weighted by Gasteiger charge is -2.06. The Morgan fingerprint density at radius 1 is 1.00 bits per heavy atom. The van der Waals surface area contributed by atoms with E-state index in [2.05, 4.69) is 31.0 Å². The Morgan fingerprint density at radius 3 is 2.25 bits per heavy atom. The monoisotopic (exact) mass is 213 g/mol. The summed E-state index contributed by atoms with van der Waals surface area (Å²) in [6.07, 6.45) is 0. The predicted molar refractivity (Wildman–Crippen MR) is 66.6 cm³/mol. The molecule has 1 N–H and O–H groups in total. The van der Waals surface area contributed by atoms with Crippen molar-refractivity contribution >= 4 is 0 Å². The predicted octanol–water partition coefficient (Wildman–Crippen LogP) is 3.17. The molecule has 0 radical (unpaired) electrons. The molecule has 82 valence electrons. The molecule has 0 atom stereocenters. The maximum atomic E-state index is 11.2. The summed E-state index contributed by atoms with van der Waals surface area (Å²) < 4.78 is 0. The largest absolute Gasteiger partial charge is 0.322 e. The molecule has 1 aromatic carbocycles. The molecule has 2 rings (SSSR count). The lowest BCUT2D eigenvalue weighted by atomic mass is 10.0. The molecule has 0 aliphatic rings. The summed E-state index contributed by atoms with van der Waals surface area (Å²) in [7, 11) is 0. The molecular weight excluding hydrogens is 198 g/mol. The fourth-order valence-corrected chi connectivity index (χ4v) is 1.66. The third-order valence-electron chi connectivity index (χ3n) is 2.66. The zero-order chi connectivity index (χ0) is 11.5. The van der Waals surface area contributed by atoms with Gasteiger partial charge < -0.3 is 4.98 Å². The van der Waals surface area contributed by atoms with Gasteiger partial charge in [0.05, 0.1) is 0 Å². The second-order valence-electron chi connectivity index (χ2n) is 4.21. The standard InChI is InChI=1S/C14H15NO/c1-10(2)11-6-8-12(9-7-11)13-4-3-5-14(16)15-13/h3-10H,1-2H3,(H,15,16). The first-order valence-electron chi connectivity index (χ1n) is 5.46. The van der Waals surface area contributed by atoms with Crippen LogP contribution in [0.2, 0.25) is 0 Å². The first kappa shape index (κ1) is 10.7. The van der Waals surface area contributed by atoms with Gasteiger partial charge >= 0.3 is 0 Å². The van der Waals surface area contributed by atoms with Crippen molar-refractivity contribution in [1.82, 2.24) is 4.98 Å². The van der Waals surface area contributed by atoms with Crippen LogP contribution in [0, 0.1) is 0 Å². The molecule has 0 saturated carbocycles. The van der Waals surface area contributed by atoms with E-state index in [4.69, 9.17) is 0 Å². The SMILES string of the molecule is CC(C)c1ccc(-c2cccc(=O)[nH]2)cc1. The summed E-state index contributed by atoms with van der Waals surface area (Å²) in [4.78, 5) is 14.0. The molecule has 0 aliphatic carbocycles. The van der Waals surface area contributed by atoms with Crippen molar-refractivity contribution in [3.8, 4) is 11.3 Å². The van der Waals surface area contributed by atoms with E-state index in [0.717, 1.165) is 11.3 Å². The van der Waals surface area contributed by atoms with Gasteiger partial charge in [-0.15, -0.1) is 0 Å². The highest BCUT2D eigenvalue weighted by atomic mass is 16.1. The van der Waals surface area contributed by atoms with Gasteiger partial charge in [0, 0.05) is 11.8 Å². The van der Waals surface area contributed by atoms with E-state index in [-0.39, 0.29) is 5.56 Å². The Kier molecular flexibility index (Phi) is 2.91. The van der Waals surface area contributed by atoms with Crippen LogP contribution in [-0.4, -0.2) is 4.98 Å². The van der Waals surface area contributed by atoms with Crippen molar-refractivity contribution in [2.45, 2.75) is 19.8 Å². The Morgan fingerprint density at radius 2 is 1.69 bits per heavy atom. The van der Waals surface area contributed by atoms with E-state index in [1.807, 2.05) is 18.2 Å². The molecule has 0 fully saturated rings. The van der Waals surface area contributed by atoms with Crippen LogP contribution in [0.3, 0.4) is 0 Å². The van der Waals surface area contributed by atoms with E-state index in [9.17, 15) is 4.79 Å². The zero-order valence-corrected chi connectivity index (χ0v) is 9.53. The van der Waals surface area contributed by atoms with Gasteiger partial charge in [0.15, 0.2) is 0 Å². The van der Waals surface area contributed by atoms with Crippen molar-refractivity contribution in [1.29, 1.82) is 0 Å². The third-order valence-corrected chi connectivity index (χ3v) is 2.66. The molecule has 0 aliphatic heterocycles. The molecule has 0 saturated heterocycles. The van der Waals surface area contributed by atoms with Gasteiger partial charge in [0.25, 0.3) is 0 Å². The van der Waals surface area contributed by atoms with Crippen molar-refractivity contribution in [3.05, 3.63) is 58.4 Å². The fraction of sp³-hybridized carbons (Fsp3) is 0.214. The Balaban J connectivity index is 2.38. The highest BCUT2D eigenvalue weighted by molar-refractivity contribution is 5.59. The van der Waals surface area contributed by atoms with Gasteiger partial charge in [-0.2, -0.15) is 0 Å². The smallest absolute Gasteiger partial charge is 0.248 e. The quantitative estimate of drug-likeness (QED) is 0.816. The maximum Gasteiger partial charge on any atom is 0.248 e. The minimum atomic E-state index is -0.0644. The van der Waals surface area contributed by atoms with E-state index in [1.165, 1.54) is 11.6 Å². The summed E-state index contributed by atoms with van der Waals surface area (Å²) in [5, 5.41) is 0. The number of benzene rings is 1. The summed E-state index contributed by atoms with van der Waals surface area (Å²) >= 11 is 0. The average molecular weight is 213 g/mol. The van der Waals surface area contributed by atoms with Crippen LogP contribution >= 0.6 is 0 Å². The number of nitrogens with one attached hydrogen (secondary N) is 1. The summed E-state index contributed by atoms with van der Waals surface area (Å²) in [6.45, 7) is 4.33. The van der Waals surface area contributed by atoms with Gasteiger partial charge in [-0.05, 0) is 23.1 Å². The van der Waals surface area contributed by atoms with Gasteiger partial charge in [0.2, 0.25) is 5.56 Å². The van der Waals surface area contributed by atoms with E-state index in [1.54, 1.807) is 6.07 Å². The van der Waals surface area contributed by atoms with E-state index >= 15 is 0 Å². The number of pyridine rings is 1. The molecule has 2 nitrogen and oxygen atoms in total. The van der Waals surface area contributed by atoms with E-state index in [0.29, 0.717) is 5.92 Å². The van der Waals surface area contributed by atoms with Crippen molar-refractivity contribution < 1.29 is 0 Å². The Bertz CT molecular complexity index is 523. The number of hydrogen-bond acceptors (Lipinski definition) is 1. The molecule has 16 heavy (non-hydrogen) atoms. The molecular formula is C14H15NO. The van der Waals surface area contributed by atoms with Crippen LogP contribution < -0.4 is 5.56 Å². The summed E-state index contributed by atoms with van der Waals surface area (Å²) in [5.74, 6) is 0.531. The van der Waals surface area contributed by atoms with Gasteiger partial charge in [-0.25, -0.2) is 0 Å². The molecule has 0 spiro atoms. The second kappa shape index (κ2) is 4.35. The third kappa shape index (κ3) is 2.22. The van der Waals surface area contributed by atoms with Gasteiger partial charge in [0.1, 0.15) is 0 Å². The van der Waals surface area contributed by atoms with E-state index < -0.39 is 0 Å². The van der Waals surface area contributed by atoms with Crippen LogP contribution in [0.1, 0.15) is 25.3 Å². The lowest BCUT2D eigenvalue weighted by molar-refractivity contribution is 0.867. The normalized spacial score (nSPS) is 10.7. The highest BCUT2D eigenvalue weighted by Crippen LogP contribution is 2.20. The van der Waals surface area contributed by atoms with Crippen molar-refractivity contribution in [2.75, 3.05) is 0 Å². The number of hydrogen-bond donors (Lipinski definition) is 1. The van der Waals surface area contributed by atoms with Crippen LogP contribution in [0.4, 0.5) is 0 Å². The summed E-state index contributed by atoms with van der Waals surface area (Å²) in [5.41, 5.74) is 3.15. The average Bonchev–Trinajstić information content (AvgIpc) is 2.29. The second-order valence-corrected chi connectivity index (χ2v) is 4.21. The molecule has 0 unspecified atom stereocenters. The number of H-pyrrole nitrogens is 1. The molecule has 0 bridgehead atoms. The minimum absolute atomic E-state index is 0.0644. The van der Waals surface area contributed by atoms with Gasteiger partial charge in [-0.1, -0.05) is 44.2 Å².